The molecule has 0 radical (unpaired) electrons. The maximum atomic E-state index is 12.0. The highest BCUT2D eigenvalue weighted by molar-refractivity contribution is 5.84. The van der Waals surface area contributed by atoms with Crippen LogP contribution in [0.4, 0.5) is 0 Å². The minimum atomic E-state index is -1.17. The largest absolute Gasteiger partial charge is 0.480 e. The number of aliphatic carboxylic acids is 1. The Labute approximate surface area is 140 Å². The average molecular weight is 324 g/mol. The van der Waals surface area contributed by atoms with Crippen LogP contribution < -0.4 is 11.1 Å². The summed E-state index contributed by atoms with van der Waals surface area (Å²) in [5, 5.41) is 11.7. The fourth-order valence-electron chi connectivity index (χ4n) is 3.10. The van der Waals surface area contributed by atoms with E-state index in [9.17, 15) is 9.59 Å². The van der Waals surface area contributed by atoms with E-state index in [4.69, 9.17) is 10.8 Å². The van der Waals surface area contributed by atoms with Gasteiger partial charge in [0.25, 0.3) is 0 Å². The van der Waals surface area contributed by atoms with Crippen molar-refractivity contribution in [1.82, 2.24) is 5.32 Å². The van der Waals surface area contributed by atoms with Crippen molar-refractivity contribution in [2.45, 2.75) is 31.3 Å². The first-order valence-electron chi connectivity index (χ1n) is 8.00. The van der Waals surface area contributed by atoms with Crippen molar-refractivity contribution in [3.05, 3.63) is 59.7 Å². The number of rotatable bonds is 5. The molecule has 0 spiro atoms. The molecule has 0 saturated heterocycles. The summed E-state index contributed by atoms with van der Waals surface area (Å²) in [6, 6.07) is 15.1. The van der Waals surface area contributed by atoms with Crippen molar-refractivity contribution in [3.8, 4) is 11.1 Å². The number of carbonyl (C=O) groups excluding carboxylic acids is 1. The monoisotopic (exact) mass is 324 g/mol. The second-order valence-electron chi connectivity index (χ2n) is 6.09. The molecule has 1 aliphatic carbocycles. The van der Waals surface area contributed by atoms with Gasteiger partial charge in [-0.3, -0.25) is 9.59 Å². The van der Waals surface area contributed by atoms with Gasteiger partial charge in [0.1, 0.15) is 6.04 Å². The quantitative estimate of drug-likeness (QED) is 0.786. The Kier molecular flexibility index (Phi) is 4.62. The number of fused-ring (bicyclic) bond motifs is 1. The molecule has 2 aromatic carbocycles. The predicted octanol–water partition coefficient (Wildman–Crippen LogP) is 2.26. The summed E-state index contributed by atoms with van der Waals surface area (Å²) in [4.78, 5) is 22.8. The molecule has 2 aromatic rings. The first kappa shape index (κ1) is 16.2. The second-order valence-corrected chi connectivity index (χ2v) is 6.09. The fourth-order valence-corrected chi connectivity index (χ4v) is 3.10. The van der Waals surface area contributed by atoms with E-state index in [0.29, 0.717) is 0 Å². The molecule has 4 N–H and O–H groups in total. The number of carbonyl (C=O) groups is 2. The minimum Gasteiger partial charge on any atom is -0.480 e. The maximum Gasteiger partial charge on any atom is 0.321 e. The molecule has 2 atom stereocenters. The topological polar surface area (TPSA) is 92.4 Å². The molecular weight excluding hydrogens is 304 g/mol. The molecule has 0 saturated carbocycles. The van der Waals surface area contributed by atoms with E-state index in [1.54, 1.807) is 0 Å². The zero-order valence-electron chi connectivity index (χ0n) is 13.2. The summed E-state index contributed by atoms with van der Waals surface area (Å²) in [5.74, 6) is -1.49. The summed E-state index contributed by atoms with van der Waals surface area (Å²) < 4.78 is 0. The number of benzene rings is 2. The number of hydrogen-bond acceptors (Lipinski definition) is 3. The van der Waals surface area contributed by atoms with E-state index in [-0.39, 0.29) is 18.4 Å². The standard InChI is InChI=1S/C19H20N2O3/c20-16(19(23)24)11-18(22)21-17-9-8-13-6-7-14(10-15(13)17)12-4-2-1-3-5-12/h1-7,10,16-17H,8-9,11,20H2,(H,21,22)(H,23,24)/t16-,17?/m0/s1. The molecule has 0 fully saturated rings. The Morgan fingerprint density at radius 3 is 2.62 bits per heavy atom. The number of carboxylic acids is 1. The van der Waals surface area contributed by atoms with Gasteiger partial charge in [-0.25, -0.2) is 0 Å². The third kappa shape index (κ3) is 3.46. The van der Waals surface area contributed by atoms with Gasteiger partial charge in [0.05, 0.1) is 12.5 Å². The molecule has 5 nitrogen and oxygen atoms in total. The molecule has 1 aliphatic rings. The fraction of sp³-hybridized carbons (Fsp3) is 0.263. The van der Waals surface area contributed by atoms with Gasteiger partial charge in [0.2, 0.25) is 5.91 Å². The van der Waals surface area contributed by atoms with E-state index in [1.165, 1.54) is 5.56 Å². The lowest BCUT2D eigenvalue weighted by atomic mass is 9.99. The lowest BCUT2D eigenvalue weighted by Crippen LogP contribution is -2.37. The Hall–Kier alpha value is -2.66. The molecule has 1 amide bonds. The minimum absolute atomic E-state index is 0.0860. The molecule has 3 rings (SSSR count). The smallest absolute Gasteiger partial charge is 0.321 e. The van der Waals surface area contributed by atoms with E-state index in [2.05, 4.69) is 35.6 Å². The number of aryl methyl sites for hydroxylation is 1. The molecule has 1 unspecified atom stereocenters. The summed E-state index contributed by atoms with van der Waals surface area (Å²) in [7, 11) is 0. The van der Waals surface area contributed by atoms with Crippen molar-refractivity contribution in [2.24, 2.45) is 5.73 Å². The summed E-state index contributed by atoms with van der Waals surface area (Å²) in [5.41, 5.74) is 9.99. The Morgan fingerprint density at radius 2 is 1.92 bits per heavy atom. The van der Waals surface area contributed by atoms with Crippen molar-refractivity contribution in [3.63, 3.8) is 0 Å². The number of nitrogens with two attached hydrogens (primary N) is 1. The van der Waals surface area contributed by atoms with Gasteiger partial charge in [0.15, 0.2) is 0 Å². The van der Waals surface area contributed by atoms with Crippen LogP contribution in [0.3, 0.4) is 0 Å². The number of hydrogen-bond donors (Lipinski definition) is 3. The Balaban J connectivity index is 1.76. The van der Waals surface area contributed by atoms with Crippen LogP contribution in [-0.4, -0.2) is 23.0 Å². The van der Waals surface area contributed by atoms with Gasteiger partial charge in [-0.2, -0.15) is 0 Å². The molecule has 0 heterocycles. The van der Waals surface area contributed by atoms with Crippen molar-refractivity contribution in [2.75, 3.05) is 0 Å². The Morgan fingerprint density at radius 1 is 1.17 bits per heavy atom. The number of amides is 1. The van der Waals surface area contributed by atoms with E-state index in [1.807, 2.05) is 18.2 Å². The van der Waals surface area contributed by atoms with E-state index >= 15 is 0 Å². The Bertz CT molecular complexity index is 758. The summed E-state index contributed by atoms with van der Waals surface area (Å²) >= 11 is 0. The predicted molar refractivity (Wildman–Crippen MR) is 91.3 cm³/mol. The second kappa shape index (κ2) is 6.84. The molecule has 0 aromatic heterocycles. The van der Waals surface area contributed by atoms with Crippen molar-refractivity contribution in [1.29, 1.82) is 0 Å². The average Bonchev–Trinajstić information content (AvgIpc) is 2.97. The van der Waals surface area contributed by atoms with Crippen LogP contribution >= 0.6 is 0 Å². The van der Waals surface area contributed by atoms with Crippen LogP contribution in [0.5, 0.6) is 0 Å². The first-order chi connectivity index (χ1) is 11.5. The van der Waals surface area contributed by atoms with Gasteiger partial charge in [-0.05, 0) is 41.2 Å². The van der Waals surface area contributed by atoms with Gasteiger partial charge < -0.3 is 16.2 Å². The van der Waals surface area contributed by atoms with Crippen LogP contribution in [-0.2, 0) is 16.0 Å². The highest BCUT2D eigenvalue weighted by Gasteiger charge is 2.25. The normalized spacial score (nSPS) is 17.1. The van der Waals surface area contributed by atoms with Crippen LogP contribution in [0.25, 0.3) is 11.1 Å². The summed E-state index contributed by atoms with van der Waals surface area (Å²) in [6.45, 7) is 0. The first-order valence-corrected chi connectivity index (χ1v) is 8.00. The lowest BCUT2D eigenvalue weighted by molar-refractivity contribution is -0.140. The molecule has 124 valence electrons. The van der Waals surface area contributed by atoms with Crippen molar-refractivity contribution < 1.29 is 14.7 Å². The molecule has 5 heteroatoms. The molecule has 24 heavy (non-hydrogen) atoms. The number of carboxylic acid groups (broad SMARTS) is 1. The van der Waals surface area contributed by atoms with Gasteiger partial charge >= 0.3 is 5.97 Å². The van der Waals surface area contributed by atoms with Crippen LogP contribution in [0, 0.1) is 0 Å². The lowest BCUT2D eigenvalue weighted by Gasteiger charge is -2.16. The van der Waals surface area contributed by atoms with Crippen LogP contribution in [0.2, 0.25) is 0 Å². The maximum absolute atomic E-state index is 12.0. The number of nitrogens with one attached hydrogen (secondary N) is 1. The van der Waals surface area contributed by atoms with Gasteiger partial charge in [-0.1, -0.05) is 42.5 Å². The van der Waals surface area contributed by atoms with Crippen LogP contribution in [0.1, 0.15) is 30.0 Å². The van der Waals surface area contributed by atoms with E-state index in [0.717, 1.165) is 29.5 Å². The molecular formula is C19H20N2O3. The SMILES string of the molecule is N[C@@H](CC(=O)NC1CCc2ccc(-c3ccccc3)cc21)C(=O)O. The van der Waals surface area contributed by atoms with Crippen molar-refractivity contribution >= 4 is 11.9 Å². The summed E-state index contributed by atoms with van der Waals surface area (Å²) in [6.07, 6.45) is 1.52. The third-order valence-corrected chi connectivity index (χ3v) is 4.39. The van der Waals surface area contributed by atoms with Crippen LogP contribution in [0.15, 0.2) is 48.5 Å². The zero-order valence-corrected chi connectivity index (χ0v) is 13.2. The zero-order chi connectivity index (χ0) is 17.1. The molecule has 0 bridgehead atoms. The highest BCUT2D eigenvalue weighted by atomic mass is 16.4. The third-order valence-electron chi connectivity index (χ3n) is 4.39. The van der Waals surface area contributed by atoms with Gasteiger partial charge in [-0.15, -0.1) is 0 Å². The van der Waals surface area contributed by atoms with Gasteiger partial charge in [0, 0.05) is 0 Å². The van der Waals surface area contributed by atoms with E-state index < -0.39 is 12.0 Å². The molecule has 0 aliphatic heterocycles. The highest BCUT2D eigenvalue weighted by Crippen LogP contribution is 2.34.